The molecule has 1 heterocycles. The van der Waals surface area contributed by atoms with Gasteiger partial charge in [-0.05, 0) is 18.6 Å². The highest BCUT2D eigenvalue weighted by molar-refractivity contribution is 5.81. The maximum absolute atomic E-state index is 11.2. The predicted molar refractivity (Wildman–Crippen MR) is 61.7 cm³/mol. The Labute approximate surface area is 94.5 Å². The van der Waals surface area contributed by atoms with Gasteiger partial charge in [0.1, 0.15) is 5.82 Å². The molecule has 1 aromatic rings. The molecule has 0 aliphatic heterocycles. The molecule has 0 aliphatic carbocycles. The second-order valence-corrected chi connectivity index (χ2v) is 3.56. The van der Waals surface area contributed by atoms with Crippen molar-refractivity contribution in [3.8, 4) is 0 Å². The Bertz CT molecular complexity index is 404. The van der Waals surface area contributed by atoms with Crippen molar-refractivity contribution in [3.63, 3.8) is 0 Å². The first-order valence-corrected chi connectivity index (χ1v) is 4.92. The van der Waals surface area contributed by atoms with E-state index in [0.717, 1.165) is 11.8 Å². The first-order valence-electron chi connectivity index (χ1n) is 4.92. The number of carbonyl (C=O) groups excluding carboxylic acids is 2. The van der Waals surface area contributed by atoms with E-state index in [1.807, 2.05) is 6.92 Å². The molecule has 0 atom stereocenters. The fourth-order valence-corrected chi connectivity index (χ4v) is 1.42. The van der Waals surface area contributed by atoms with Crippen LogP contribution in [0.5, 0.6) is 0 Å². The van der Waals surface area contributed by atoms with E-state index in [2.05, 4.69) is 10.3 Å². The number of aldehydes is 1. The molecule has 86 valence electrons. The first-order chi connectivity index (χ1) is 7.58. The van der Waals surface area contributed by atoms with Crippen LogP contribution in [0.1, 0.15) is 15.9 Å². The molecule has 0 radical (unpaired) electrons. The lowest BCUT2D eigenvalue weighted by atomic mass is 10.2. The van der Waals surface area contributed by atoms with Gasteiger partial charge in [0.25, 0.3) is 0 Å². The molecule has 0 fully saturated rings. The summed E-state index contributed by atoms with van der Waals surface area (Å²) in [7, 11) is 3.37. The molecule has 1 aromatic heterocycles. The maximum atomic E-state index is 11.2. The first kappa shape index (κ1) is 12.2. The summed E-state index contributed by atoms with van der Waals surface area (Å²) in [6.45, 7) is 2.10. The monoisotopic (exact) mass is 221 g/mol. The van der Waals surface area contributed by atoms with Crippen molar-refractivity contribution in [2.24, 2.45) is 0 Å². The van der Waals surface area contributed by atoms with Gasteiger partial charge >= 0.3 is 0 Å². The van der Waals surface area contributed by atoms with Gasteiger partial charge in [-0.1, -0.05) is 0 Å². The van der Waals surface area contributed by atoms with Gasteiger partial charge < -0.3 is 10.2 Å². The molecule has 0 aromatic carbocycles. The highest BCUT2D eigenvalue weighted by atomic mass is 16.1. The number of aromatic nitrogens is 1. The lowest BCUT2D eigenvalue weighted by Gasteiger charge is -2.19. The number of nitrogens with one attached hydrogen (secondary N) is 1. The summed E-state index contributed by atoms with van der Waals surface area (Å²) in [5.74, 6) is 0.623. The Morgan fingerprint density at radius 2 is 2.31 bits per heavy atom. The van der Waals surface area contributed by atoms with Gasteiger partial charge in [0.05, 0.1) is 6.54 Å². The van der Waals surface area contributed by atoms with Crippen LogP contribution in [-0.2, 0) is 4.79 Å². The summed E-state index contributed by atoms with van der Waals surface area (Å²) in [5, 5.41) is 2.54. The Hall–Kier alpha value is -1.91. The van der Waals surface area contributed by atoms with E-state index < -0.39 is 0 Å². The van der Waals surface area contributed by atoms with Gasteiger partial charge in [0.2, 0.25) is 5.91 Å². The number of anilines is 1. The SMILES string of the molecule is CNC(=O)CN(C)c1ncc(C=O)cc1C. The Balaban J connectivity index is 2.87. The molecule has 5 heteroatoms. The van der Waals surface area contributed by atoms with Crippen molar-refractivity contribution in [1.29, 1.82) is 0 Å². The van der Waals surface area contributed by atoms with Crippen molar-refractivity contribution in [2.45, 2.75) is 6.92 Å². The molecule has 1 rings (SSSR count). The third kappa shape index (κ3) is 2.79. The Kier molecular flexibility index (Phi) is 3.99. The molecule has 1 N–H and O–H groups in total. The summed E-state index contributed by atoms with van der Waals surface area (Å²) in [6, 6.07) is 1.75. The zero-order chi connectivity index (χ0) is 12.1. The summed E-state index contributed by atoms with van der Waals surface area (Å²) in [6.07, 6.45) is 2.25. The van der Waals surface area contributed by atoms with Gasteiger partial charge in [-0.15, -0.1) is 0 Å². The smallest absolute Gasteiger partial charge is 0.239 e. The number of aryl methyl sites for hydroxylation is 1. The second-order valence-electron chi connectivity index (χ2n) is 3.56. The summed E-state index contributed by atoms with van der Waals surface area (Å²) < 4.78 is 0. The number of hydrogen-bond acceptors (Lipinski definition) is 4. The van der Waals surface area contributed by atoms with Crippen LogP contribution in [-0.4, -0.2) is 37.8 Å². The van der Waals surface area contributed by atoms with Gasteiger partial charge in [0, 0.05) is 25.9 Å². The second kappa shape index (κ2) is 5.25. The topological polar surface area (TPSA) is 62.3 Å². The lowest BCUT2D eigenvalue weighted by molar-refractivity contribution is -0.119. The summed E-state index contributed by atoms with van der Waals surface area (Å²) >= 11 is 0. The Morgan fingerprint density at radius 1 is 1.62 bits per heavy atom. The molecule has 1 amide bonds. The zero-order valence-corrected chi connectivity index (χ0v) is 9.65. The minimum Gasteiger partial charge on any atom is -0.358 e. The van der Waals surface area contributed by atoms with Crippen molar-refractivity contribution in [2.75, 3.05) is 25.5 Å². The van der Waals surface area contributed by atoms with Crippen LogP contribution in [0.4, 0.5) is 5.82 Å². The van der Waals surface area contributed by atoms with Crippen LogP contribution in [0.25, 0.3) is 0 Å². The quantitative estimate of drug-likeness (QED) is 0.747. The lowest BCUT2D eigenvalue weighted by Crippen LogP contribution is -2.33. The normalized spacial score (nSPS) is 9.69. The molecule has 0 spiro atoms. The highest BCUT2D eigenvalue weighted by Gasteiger charge is 2.09. The van der Waals surface area contributed by atoms with E-state index in [1.165, 1.54) is 6.20 Å². The Morgan fingerprint density at radius 3 is 2.81 bits per heavy atom. The van der Waals surface area contributed by atoms with Crippen molar-refractivity contribution < 1.29 is 9.59 Å². The summed E-state index contributed by atoms with van der Waals surface area (Å²) in [5.41, 5.74) is 1.41. The third-order valence-electron chi connectivity index (χ3n) is 2.23. The van der Waals surface area contributed by atoms with Crippen LogP contribution < -0.4 is 10.2 Å². The van der Waals surface area contributed by atoms with Crippen molar-refractivity contribution in [3.05, 3.63) is 23.4 Å². The van der Waals surface area contributed by atoms with Gasteiger partial charge in [-0.25, -0.2) is 4.98 Å². The largest absolute Gasteiger partial charge is 0.358 e. The average Bonchev–Trinajstić information content (AvgIpc) is 2.28. The number of nitrogens with zero attached hydrogens (tertiary/aromatic N) is 2. The van der Waals surface area contributed by atoms with Gasteiger partial charge in [0.15, 0.2) is 6.29 Å². The molecule has 5 nitrogen and oxygen atoms in total. The highest BCUT2D eigenvalue weighted by Crippen LogP contribution is 2.15. The van der Waals surface area contributed by atoms with E-state index in [1.54, 1.807) is 25.1 Å². The number of carbonyl (C=O) groups is 2. The predicted octanol–water partition coefficient (Wildman–Crippen LogP) is 0.385. The van der Waals surface area contributed by atoms with E-state index in [-0.39, 0.29) is 12.5 Å². The van der Waals surface area contributed by atoms with E-state index >= 15 is 0 Å². The number of hydrogen-bond donors (Lipinski definition) is 1. The maximum Gasteiger partial charge on any atom is 0.239 e. The van der Waals surface area contributed by atoms with Gasteiger partial charge in [-0.3, -0.25) is 9.59 Å². The van der Waals surface area contributed by atoms with Crippen LogP contribution >= 0.6 is 0 Å². The van der Waals surface area contributed by atoms with Crippen LogP contribution in [0, 0.1) is 6.92 Å². The fourth-order valence-electron chi connectivity index (χ4n) is 1.42. The number of pyridine rings is 1. The van der Waals surface area contributed by atoms with Crippen molar-refractivity contribution >= 4 is 18.0 Å². The van der Waals surface area contributed by atoms with Crippen molar-refractivity contribution in [1.82, 2.24) is 10.3 Å². The number of amides is 1. The van der Waals surface area contributed by atoms with Gasteiger partial charge in [-0.2, -0.15) is 0 Å². The molecular formula is C11H15N3O2. The number of rotatable bonds is 4. The van der Waals surface area contributed by atoms with Crippen LogP contribution in [0.15, 0.2) is 12.3 Å². The minimum atomic E-state index is -0.0804. The van der Waals surface area contributed by atoms with E-state index in [9.17, 15) is 9.59 Å². The number of likely N-dealkylation sites (N-methyl/N-ethyl adjacent to an activating group) is 2. The molecule has 0 unspecified atom stereocenters. The minimum absolute atomic E-state index is 0.0804. The molecule has 0 aliphatic rings. The van der Waals surface area contributed by atoms with E-state index in [4.69, 9.17) is 0 Å². The summed E-state index contributed by atoms with van der Waals surface area (Å²) in [4.78, 5) is 27.6. The molecular weight excluding hydrogens is 206 g/mol. The van der Waals surface area contributed by atoms with Crippen LogP contribution in [0.2, 0.25) is 0 Å². The van der Waals surface area contributed by atoms with E-state index in [0.29, 0.717) is 11.4 Å². The third-order valence-corrected chi connectivity index (χ3v) is 2.23. The zero-order valence-electron chi connectivity index (χ0n) is 9.65. The fraction of sp³-hybridized carbons (Fsp3) is 0.364. The van der Waals surface area contributed by atoms with Crippen LogP contribution in [0.3, 0.4) is 0 Å². The molecule has 0 bridgehead atoms. The molecule has 0 saturated carbocycles. The average molecular weight is 221 g/mol. The molecule has 0 saturated heterocycles. The standard InChI is InChI=1S/C11H15N3O2/c1-8-4-9(7-15)5-13-11(8)14(3)6-10(16)12-2/h4-5,7H,6H2,1-3H3,(H,12,16). The molecule has 16 heavy (non-hydrogen) atoms.